The molecule has 24 heavy (non-hydrogen) atoms. The molecule has 0 spiro atoms. The minimum atomic E-state index is 0.657. The first-order valence-electron chi connectivity index (χ1n) is 7.19. The summed E-state index contributed by atoms with van der Waals surface area (Å²) in [6.45, 7) is 0. The van der Waals surface area contributed by atoms with Crippen LogP contribution in [0.3, 0.4) is 0 Å². The van der Waals surface area contributed by atoms with E-state index >= 15 is 0 Å². The van der Waals surface area contributed by atoms with Gasteiger partial charge in [0.05, 0.1) is 0 Å². The van der Waals surface area contributed by atoms with Crippen molar-refractivity contribution in [1.82, 2.24) is 0 Å². The lowest BCUT2D eigenvalue weighted by atomic mass is 10.3. The maximum Gasteiger partial charge on any atom is 0.131 e. The first-order chi connectivity index (χ1) is 11.7. The number of hydrogen-bond donors (Lipinski definition) is 4. The van der Waals surface area contributed by atoms with E-state index in [1.54, 1.807) is 12.1 Å². The summed E-state index contributed by atoms with van der Waals surface area (Å²) in [4.78, 5) is 0. The second-order valence-electron chi connectivity index (χ2n) is 4.82. The van der Waals surface area contributed by atoms with Crippen LogP contribution in [-0.2, 0) is 0 Å². The standard InChI is InChI=1S/C18H16N2O2.H4N2/c19-13-4-1-6-15(10-13)21-17-8-3-9-18(12-17)22-16-7-2-5-14(20)11-16;1-2/h1-12H,19-20H2;1-2H2. The van der Waals surface area contributed by atoms with Gasteiger partial charge in [-0.25, -0.2) is 0 Å². The number of nitrogens with two attached hydrogens (primary N) is 4. The third kappa shape index (κ3) is 4.91. The predicted octanol–water partition coefficient (Wildman–Crippen LogP) is 3.25. The first-order valence-corrected chi connectivity index (χ1v) is 7.19. The zero-order valence-electron chi connectivity index (χ0n) is 13.1. The number of anilines is 2. The van der Waals surface area contributed by atoms with Crippen molar-refractivity contribution in [2.45, 2.75) is 0 Å². The van der Waals surface area contributed by atoms with E-state index in [2.05, 4.69) is 11.7 Å². The van der Waals surface area contributed by atoms with Crippen molar-refractivity contribution in [1.29, 1.82) is 0 Å². The summed E-state index contributed by atoms with van der Waals surface area (Å²) in [5.74, 6) is 10.7. The fourth-order valence-corrected chi connectivity index (χ4v) is 2.03. The van der Waals surface area contributed by atoms with Gasteiger partial charge < -0.3 is 20.9 Å². The Morgan fingerprint density at radius 1 is 0.500 bits per heavy atom. The minimum absolute atomic E-state index is 0.657. The lowest BCUT2D eigenvalue weighted by Gasteiger charge is -2.09. The molecule has 0 aromatic heterocycles. The Bertz CT molecular complexity index is 730. The first kappa shape index (κ1) is 17.1. The van der Waals surface area contributed by atoms with Crippen LogP contribution in [-0.4, -0.2) is 0 Å². The molecule has 8 N–H and O–H groups in total. The van der Waals surface area contributed by atoms with Gasteiger partial charge in [0.2, 0.25) is 0 Å². The number of benzene rings is 3. The minimum Gasteiger partial charge on any atom is -0.457 e. The van der Waals surface area contributed by atoms with E-state index in [-0.39, 0.29) is 0 Å². The van der Waals surface area contributed by atoms with Crippen molar-refractivity contribution in [2.75, 3.05) is 11.5 Å². The number of rotatable bonds is 4. The quantitative estimate of drug-likeness (QED) is 0.332. The fraction of sp³-hybridized carbons (Fsp3) is 0. The summed E-state index contributed by atoms with van der Waals surface area (Å²) in [7, 11) is 0. The third-order valence-electron chi connectivity index (χ3n) is 2.99. The molecule has 0 aliphatic heterocycles. The summed E-state index contributed by atoms with van der Waals surface area (Å²) in [6.07, 6.45) is 0. The van der Waals surface area contributed by atoms with E-state index in [1.807, 2.05) is 60.7 Å². The SMILES string of the molecule is NN.Nc1cccc(Oc2cccc(Oc3cccc(N)c3)c2)c1. The molecule has 6 heteroatoms. The molecule has 124 valence electrons. The van der Waals surface area contributed by atoms with Crippen LogP contribution in [0.4, 0.5) is 11.4 Å². The Morgan fingerprint density at radius 3 is 1.21 bits per heavy atom. The Hall–Kier alpha value is -3.22. The number of ether oxygens (including phenoxy) is 2. The molecule has 0 saturated carbocycles. The lowest BCUT2D eigenvalue weighted by Crippen LogP contribution is -2.02. The number of hydrogen-bond acceptors (Lipinski definition) is 6. The van der Waals surface area contributed by atoms with Crippen LogP contribution in [0.25, 0.3) is 0 Å². The van der Waals surface area contributed by atoms with Gasteiger partial charge in [-0.3, -0.25) is 11.7 Å². The van der Waals surface area contributed by atoms with Gasteiger partial charge in [-0.05, 0) is 36.4 Å². The largest absolute Gasteiger partial charge is 0.457 e. The fourth-order valence-electron chi connectivity index (χ4n) is 2.03. The number of nitrogen functional groups attached to an aromatic ring is 2. The molecule has 0 radical (unpaired) electrons. The molecule has 6 nitrogen and oxygen atoms in total. The second kappa shape index (κ2) is 8.42. The molecule has 0 saturated heterocycles. The monoisotopic (exact) mass is 324 g/mol. The van der Waals surface area contributed by atoms with Crippen LogP contribution in [0.15, 0.2) is 72.8 Å². The average molecular weight is 324 g/mol. The molecule has 0 amide bonds. The van der Waals surface area contributed by atoms with Gasteiger partial charge in [0.15, 0.2) is 0 Å². The van der Waals surface area contributed by atoms with E-state index in [0.29, 0.717) is 34.4 Å². The van der Waals surface area contributed by atoms with Gasteiger partial charge in [0, 0.05) is 29.6 Å². The van der Waals surface area contributed by atoms with Crippen molar-refractivity contribution < 1.29 is 9.47 Å². The average Bonchev–Trinajstić information content (AvgIpc) is 2.57. The van der Waals surface area contributed by atoms with Crippen molar-refractivity contribution in [3.8, 4) is 23.0 Å². The smallest absolute Gasteiger partial charge is 0.131 e. The van der Waals surface area contributed by atoms with E-state index in [0.717, 1.165) is 0 Å². The van der Waals surface area contributed by atoms with Crippen LogP contribution >= 0.6 is 0 Å². The maximum absolute atomic E-state index is 5.78. The summed E-state index contributed by atoms with van der Waals surface area (Å²) >= 11 is 0. The Morgan fingerprint density at radius 2 is 0.833 bits per heavy atom. The summed E-state index contributed by atoms with van der Waals surface area (Å²) < 4.78 is 11.6. The van der Waals surface area contributed by atoms with Crippen molar-refractivity contribution in [3.63, 3.8) is 0 Å². The molecule has 3 aromatic carbocycles. The molecule has 0 aliphatic rings. The van der Waals surface area contributed by atoms with Crippen LogP contribution < -0.4 is 32.6 Å². The molecular formula is C18H20N4O2. The molecule has 3 aromatic rings. The molecule has 3 rings (SSSR count). The van der Waals surface area contributed by atoms with Gasteiger partial charge >= 0.3 is 0 Å². The third-order valence-corrected chi connectivity index (χ3v) is 2.99. The van der Waals surface area contributed by atoms with E-state index < -0.39 is 0 Å². The molecular weight excluding hydrogens is 304 g/mol. The highest BCUT2D eigenvalue weighted by Crippen LogP contribution is 2.29. The highest BCUT2D eigenvalue weighted by atomic mass is 16.5. The van der Waals surface area contributed by atoms with Crippen molar-refractivity contribution >= 4 is 11.4 Å². The van der Waals surface area contributed by atoms with Crippen LogP contribution in [0.1, 0.15) is 0 Å². The van der Waals surface area contributed by atoms with Gasteiger partial charge in [0.25, 0.3) is 0 Å². The van der Waals surface area contributed by atoms with Gasteiger partial charge in [-0.2, -0.15) is 0 Å². The summed E-state index contributed by atoms with van der Waals surface area (Å²) in [6, 6.07) is 21.9. The van der Waals surface area contributed by atoms with Gasteiger partial charge in [-0.1, -0.05) is 18.2 Å². The molecule has 0 bridgehead atoms. The van der Waals surface area contributed by atoms with E-state index in [1.165, 1.54) is 0 Å². The van der Waals surface area contributed by atoms with Crippen molar-refractivity contribution in [3.05, 3.63) is 72.8 Å². The summed E-state index contributed by atoms with van der Waals surface area (Å²) in [5.41, 5.74) is 12.8. The molecule has 0 aliphatic carbocycles. The molecule has 0 unspecified atom stereocenters. The number of hydrazine groups is 1. The Labute approximate surface area is 140 Å². The zero-order chi connectivity index (χ0) is 17.4. The van der Waals surface area contributed by atoms with Crippen LogP contribution in [0.5, 0.6) is 23.0 Å². The second-order valence-corrected chi connectivity index (χ2v) is 4.82. The van der Waals surface area contributed by atoms with Crippen molar-refractivity contribution in [2.24, 2.45) is 11.7 Å². The molecule has 0 atom stereocenters. The zero-order valence-corrected chi connectivity index (χ0v) is 13.1. The predicted molar refractivity (Wildman–Crippen MR) is 96.7 cm³/mol. The normalized spacial score (nSPS) is 9.58. The van der Waals surface area contributed by atoms with Crippen LogP contribution in [0.2, 0.25) is 0 Å². The van der Waals surface area contributed by atoms with Gasteiger partial charge in [-0.15, -0.1) is 0 Å². The topological polar surface area (TPSA) is 123 Å². The van der Waals surface area contributed by atoms with E-state index in [9.17, 15) is 0 Å². The molecule has 0 fully saturated rings. The molecule has 0 heterocycles. The van der Waals surface area contributed by atoms with Crippen LogP contribution in [0, 0.1) is 0 Å². The van der Waals surface area contributed by atoms with Gasteiger partial charge in [0.1, 0.15) is 23.0 Å². The Kier molecular flexibility index (Phi) is 6.01. The van der Waals surface area contributed by atoms with E-state index in [4.69, 9.17) is 20.9 Å². The maximum atomic E-state index is 5.78. The highest BCUT2D eigenvalue weighted by molar-refractivity contribution is 5.47. The summed E-state index contributed by atoms with van der Waals surface area (Å²) in [5, 5.41) is 0. The highest BCUT2D eigenvalue weighted by Gasteiger charge is 2.02. The lowest BCUT2D eigenvalue weighted by molar-refractivity contribution is 0.460. The Balaban J connectivity index is 0.00000100.